The van der Waals surface area contributed by atoms with Crippen LogP contribution in [0.2, 0.25) is 0 Å². The molecule has 0 atom stereocenters. The number of nitrogens with zero attached hydrogens (tertiary/aromatic N) is 4. The molecule has 0 fully saturated rings. The number of hydrogen-bond donors (Lipinski definition) is 0. The normalized spacial score (nSPS) is 11.4. The lowest BCUT2D eigenvalue weighted by molar-refractivity contribution is 1.16. The minimum Gasteiger partial charge on any atom is -0.276 e. The SMILES string of the molecule is N#Cc1ccc(-c2ccc3cc(-c4nc5ccccc5c5nc6ccccc6n45)ccc3c2)cc1. The summed E-state index contributed by atoms with van der Waals surface area (Å²) in [6, 6.07) is 39.2. The zero-order chi connectivity index (χ0) is 23.4. The Hall–Kier alpha value is -5.01. The van der Waals surface area contributed by atoms with E-state index < -0.39 is 0 Å². The number of aromatic nitrogens is 3. The summed E-state index contributed by atoms with van der Waals surface area (Å²) < 4.78 is 2.17. The molecule has 0 aliphatic heterocycles. The molecule has 0 N–H and O–H groups in total. The van der Waals surface area contributed by atoms with Crippen LogP contribution in [0.1, 0.15) is 5.56 Å². The molecular formula is C31H18N4. The standard InChI is InChI=1S/C31H18N4/c32-19-20-9-11-21(12-10-20)22-13-14-24-18-25(16-15-23(24)17-22)30-33-27-6-2-1-5-26(27)31-34-28-7-3-4-8-29(28)35(30)31/h1-18H. The molecule has 0 aliphatic rings. The van der Waals surface area contributed by atoms with Gasteiger partial charge in [-0.25, -0.2) is 9.97 Å². The van der Waals surface area contributed by atoms with Gasteiger partial charge in [-0.05, 0) is 70.4 Å². The van der Waals surface area contributed by atoms with Gasteiger partial charge in [-0.15, -0.1) is 0 Å². The van der Waals surface area contributed by atoms with Crippen LogP contribution in [0.3, 0.4) is 0 Å². The summed E-state index contributed by atoms with van der Waals surface area (Å²) in [5.41, 5.74) is 7.79. The molecule has 0 bridgehead atoms. The first-order chi connectivity index (χ1) is 17.3. The fourth-order valence-electron chi connectivity index (χ4n) is 4.84. The molecular weight excluding hydrogens is 428 g/mol. The summed E-state index contributed by atoms with van der Waals surface area (Å²) in [5, 5.41) is 12.4. The van der Waals surface area contributed by atoms with Gasteiger partial charge in [0.2, 0.25) is 0 Å². The summed E-state index contributed by atoms with van der Waals surface area (Å²) in [7, 11) is 0. The molecule has 0 spiro atoms. The Labute approximate surface area is 201 Å². The zero-order valence-electron chi connectivity index (χ0n) is 18.7. The van der Waals surface area contributed by atoms with Crippen molar-refractivity contribution < 1.29 is 0 Å². The van der Waals surface area contributed by atoms with Crippen molar-refractivity contribution in [3.8, 4) is 28.6 Å². The average Bonchev–Trinajstić information content (AvgIpc) is 3.32. The van der Waals surface area contributed by atoms with Crippen LogP contribution < -0.4 is 0 Å². The highest BCUT2D eigenvalue weighted by Gasteiger charge is 2.15. The van der Waals surface area contributed by atoms with E-state index in [0.29, 0.717) is 5.56 Å². The maximum absolute atomic E-state index is 9.07. The number of para-hydroxylation sites is 3. The lowest BCUT2D eigenvalue weighted by atomic mass is 9.99. The minimum atomic E-state index is 0.667. The maximum atomic E-state index is 9.07. The van der Waals surface area contributed by atoms with Crippen LogP contribution in [0, 0.1) is 11.3 Å². The number of imidazole rings is 1. The van der Waals surface area contributed by atoms with Gasteiger partial charge in [0.25, 0.3) is 0 Å². The second kappa shape index (κ2) is 7.51. The molecule has 0 amide bonds. The van der Waals surface area contributed by atoms with Crippen LogP contribution in [0.4, 0.5) is 0 Å². The summed E-state index contributed by atoms with van der Waals surface area (Å²) in [5.74, 6) is 0.880. The molecule has 162 valence electrons. The quantitative estimate of drug-likeness (QED) is 0.278. The average molecular weight is 447 g/mol. The van der Waals surface area contributed by atoms with E-state index >= 15 is 0 Å². The van der Waals surface area contributed by atoms with Gasteiger partial charge in [-0.3, -0.25) is 4.40 Å². The summed E-state index contributed by atoms with van der Waals surface area (Å²) in [6.07, 6.45) is 0. The second-order valence-corrected chi connectivity index (χ2v) is 8.68. The molecule has 2 heterocycles. The van der Waals surface area contributed by atoms with Gasteiger partial charge in [-0.2, -0.15) is 5.26 Å². The Bertz CT molecular complexity index is 1960. The van der Waals surface area contributed by atoms with E-state index in [2.05, 4.69) is 59.0 Å². The van der Waals surface area contributed by atoms with Crippen molar-refractivity contribution >= 4 is 38.4 Å². The molecule has 7 rings (SSSR count). The van der Waals surface area contributed by atoms with E-state index in [1.54, 1.807) is 0 Å². The van der Waals surface area contributed by atoms with E-state index in [1.807, 2.05) is 60.7 Å². The Morgan fingerprint density at radius 3 is 2.06 bits per heavy atom. The lowest BCUT2D eigenvalue weighted by Crippen LogP contribution is -1.98. The molecule has 2 aromatic heterocycles. The van der Waals surface area contributed by atoms with Crippen molar-refractivity contribution in [3.05, 3.63) is 115 Å². The van der Waals surface area contributed by atoms with Crippen LogP contribution in [0.25, 0.3) is 60.9 Å². The third-order valence-corrected chi connectivity index (χ3v) is 6.59. The molecule has 4 nitrogen and oxygen atoms in total. The van der Waals surface area contributed by atoms with Crippen molar-refractivity contribution in [1.82, 2.24) is 14.4 Å². The smallest absolute Gasteiger partial charge is 0.149 e. The van der Waals surface area contributed by atoms with E-state index in [1.165, 1.54) is 0 Å². The van der Waals surface area contributed by atoms with Gasteiger partial charge in [0.05, 0.1) is 28.2 Å². The van der Waals surface area contributed by atoms with Crippen LogP contribution >= 0.6 is 0 Å². The molecule has 5 aromatic carbocycles. The Balaban J connectivity index is 1.43. The van der Waals surface area contributed by atoms with E-state index in [-0.39, 0.29) is 0 Å². The number of fused-ring (bicyclic) bond motifs is 6. The van der Waals surface area contributed by atoms with Crippen LogP contribution in [-0.4, -0.2) is 14.4 Å². The predicted octanol–water partition coefficient (Wildman–Crippen LogP) is 7.39. The minimum absolute atomic E-state index is 0.667. The van der Waals surface area contributed by atoms with Gasteiger partial charge in [0, 0.05) is 10.9 Å². The third-order valence-electron chi connectivity index (χ3n) is 6.59. The molecule has 0 saturated carbocycles. The largest absolute Gasteiger partial charge is 0.276 e. The molecule has 0 saturated heterocycles. The highest BCUT2D eigenvalue weighted by Crippen LogP contribution is 2.32. The van der Waals surface area contributed by atoms with E-state index in [0.717, 1.165) is 60.9 Å². The molecule has 7 aromatic rings. The molecule has 0 radical (unpaired) electrons. The lowest BCUT2D eigenvalue weighted by Gasteiger charge is -2.11. The van der Waals surface area contributed by atoms with Crippen molar-refractivity contribution in [1.29, 1.82) is 5.26 Å². The third kappa shape index (κ3) is 3.07. The molecule has 4 heteroatoms. The number of nitriles is 1. The first-order valence-electron chi connectivity index (χ1n) is 11.5. The Kier molecular flexibility index (Phi) is 4.18. The molecule has 35 heavy (non-hydrogen) atoms. The molecule has 0 unspecified atom stereocenters. The van der Waals surface area contributed by atoms with E-state index in [9.17, 15) is 0 Å². The monoisotopic (exact) mass is 446 g/mol. The number of hydrogen-bond acceptors (Lipinski definition) is 3. The predicted molar refractivity (Wildman–Crippen MR) is 141 cm³/mol. The van der Waals surface area contributed by atoms with E-state index in [4.69, 9.17) is 15.2 Å². The Morgan fingerprint density at radius 1 is 0.600 bits per heavy atom. The second-order valence-electron chi connectivity index (χ2n) is 8.68. The van der Waals surface area contributed by atoms with Crippen LogP contribution in [0.5, 0.6) is 0 Å². The first kappa shape index (κ1) is 19.5. The summed E-state index contributed by atoms with van der Waals surface area (Å²) >= 11 is 0. The van der Waals surface area contributed by atoms with Crippen molar-refractivity contribution in [2.75, 3.05) is 0 Å². The van der Waals surface area contributed by atoms with Crippen LogP contribution in [0.15, 0.2) is 109 Å². The van der Waals surface area contributed by atoms with Crippen molar-refractivity contribution in [2.24, 2.45) is 0 Å². The molecule has 0 aliphatic carbocycles. The summed E-state index contributed by atoms with van der Waals surface area (Å²) in [6.45, 7) is 0. The first-order valence-corrected chi connectivity index (χ1v) is 11.5. The highest BCUT2D eigenvalue weighted by atomic mass is 15.1. The Morgan fingerprint density at radius 2 is 1.26 bits per heavy atom. The summed E-state index contributed by atoms with van der Waals surface area (Å²) in [4.78, 5) is 10.0. The van der Waals surface area contributed by atoms with Crippen molar-refractivity contribution in [2.45, 2.75) is 0 Å². The van der Waals surface area contributed by atoms with Crippen LogP contribution in [-0.2, 0) is 0 Å². The van der Waals surface area contributed by atoms with Gasteiger partial charge in [0.1, 0.15) is 11.5 Å². The maximum Gasteiger partial charge on any atom is 0.149 e. The zero-order valence-corrected chi connectivity index (χ0v) is 18.7. The number of benzene rings is 5. The highest BCUT2D eigenvalue weighted by molar-refractivity contribution is 5.99. The van der Waals surface area contributed by atoms with Gasteiger partial charge >= 0.3 is 0 Å². The van der Waals surface area contributed by atoms with Gasteiger partial charge < -0.3 is 0 Å². The van der Waals surface area contributed by atoms with Gasteiger partial charge in [0.15, 0.2) is 0 Å². The fourth-order valence-corrected chi connectivity index (χ4v) is 4.84. The number of rotatable bonds is 2. The van der Waals surface area contributed by atoms with Crippen molar-refractivity contribution in [3.63, 3.8) is 0 Å². The topological polar surface area (TPSA) is 54.0 Å². The van der Waals surface area contributed by atoms with Gasteiger partial charge in [-0.1, -0.05) is 60.7 Å². The fraction of sp³-hybridized carbons (Fsp3) is 0.